The van der Waals surface area contributed by atoms with Crippen LogP contribution in [0.25, 0.3) is 0 Å². The summed E-state index contributed by atoms with van der Waals surface area (Å²) in [6, 6.07) is -0.0256. The normalized spacial score (nSPS) is 25.5. The van der Waals surface area contributed by atoms with Crippen LogP contribution in [0.15, 0.2) is 12.5 Å². The maximum atomic E-state index is 12.9. The Morgan fingerprint density at radius 1 is 1.67 bits per heavy atom. The first-order valence-electron chi connectivity index (χ1n) is 5.08. The van der Waals surface area contributed by atoms with Crippen molar-refractivity contribution in [1.29, 1.82) is 0 Å². The van der Waals surface area contributed by atoms with Gasteiger partial charge in [-0.3, -0.25) is 4.79 Å². The minimum Gasteiger partial charge on any atom is -0.348 e. The molecule has 15 heavy (non-hydrogen) atoms. The van der Waals surface area contributed by atoms with E-state index in [1.165, 1.54) is 6.20 Å². The van der Waals surface area contributed by atoms with Gasteiger partial charge in [0.15, 0.2) is 0 Å². The number of imidazole rings is 1. The highest BCUT2D eigenvalue weighted by atomic mass is 19.1. The Bertz CT molecular complexity index is 363. The monoisotopic (exact) mass is 211 g/mol. The van der Waals surface area contributed by atoms with Crippen molar-refractivity contribution < 1.29 is 9.18 Å². The summed E-state index contributed by atoms with van der Waals surface area (Å²) in [5.74, 6) is -0.172. The standard InChI is InChI=1S/C10H14FN3O/c1-14-6-12-5-9(14)10(15)13-8-3-2-7(11)4-8/h5-8H,2-4H2,1H3,(H,13,15). The molecule has 5 heteroatoms. The molecule has 1 heterocycles. The summed E-state index contributed by atoms with van der Waals surface area (Å²) in [5, 5.41) is 2.81. The van der Waals surface area contributed by atoms with Crippen LogP contribution in [0, 0.1) is 0 Å². The number of carbonyl (C=O) groups excluding carboxylic acids is 1. The second-order valence-corrected chi connectivity index (χ2v) is 3.97. The minimum absolute atomic E-state index is 0.0256. The van der Waals surface area contributed by atoms with Crippen LogP contribution in [0.4, 0.5) is 4.39 Å². The van der Waals surface area contributed by atoms with E-state index in [0.717, 1.165) is 6.42 Å². The molecular weight excluding hydrogens is 197 g/mol. The lowest BCUT2D eigenvalue weighted by Crippen LogP contribution is -2.34. The lowest BCUT2D eigenvalue weighted by atomic mass is 10.2. The fourth-order valence-corrected chi connectivity index (χ4v) is 1.89. The molecule has 1 fully saturated rings. The van der Waals surface area contributed by atoms with Crippen LogP contribution in [0.1, 0.15) is 29.8 Å². The van der Waals surface area contributed by atoms with Crippen LogP contribution in [0.5, 0.6) is 0 Å². The lowest BCUT2D eigenvalue weighted by Gasteiger charge is -2.11. The molecule has 0 saturated heterocycles. The summed E-state index contributed by atoms with van der Waals surface area (Å²) in [4.78, 5) is 15.6. The molecule has 4 nitrogen and oxygen atoms in total. The summed E-state index contributed by atoms with van der Waals surface area (Å²) in [5.41, 5.74) is 0.511. The van der Waals surface area contributed by atoms with Crippen LogP contribution in [-0.2, 0) is 7.05 Å². The van der Waals surface area contributed by atoms with Crippen molar-refractivity contribution in [1.82, 2.24) is 14.9 Å². The van der Waals surface area contributed by atoms with Crippen molar-refractivity contribution in [3.05, 3.63) is 18.2 Å². The van der Waals surface area contributed by atoms with Gasteiger partial charge in [0.25, 0.3) is 5.91 Å². The van der Waals surface area contributed by atoms with Gasteiger partial charge in [-0.05, 0) is 19.3 Å². The number of amides is 1. The number of rotatable bonds is 2. The number of hydrogen-bond donors (Lipinski definition) is 1. The molecule has 1 saturated carbocycles. The predicted molar refractivity (Wildman–Crippen MR) is 53.2 cm³/mol. The third-order valence-electron chi connectivity index (χ3n) is 2.75. The fraction of sp³-hybridized carbons (Fsp3) is 0.600. The molecule has 2 rings (SSSR count). The molecular formula is C10H14FN3O. The van der Waals surface area contributed by atoms with Crippen LogP contribution in [-0.4, -0.2) is 27.7 Å². The molecule has 0 aromatic carbocycles. The van der Waals surface area contributed by atoms with E-state index in [1.54, 1.807) is 17.9 Å². The predicted octanol–water partition coefficient (Wildman–Crippen LogP) is 1.04. The van der Waals surface area contributed by atoms with Crippen molar-refractivity contribution in [2.45, 2.75) is 31.5 Å². The summed E-state index contributed by atoms with van der Waals surface area (Å²) in [6.07, 6.45) is 4.03. The number of alkyl halides is 1. The molecule has 0 spiro atoms. The zero-order valence-electron chi connectivity index (χ0n) is 8.61. The molecule has 1 aliphatic rings. The van der Waals surface area contributed by atoms with Gasteiger partial charge in [0.2, 0.25) is 0 Å². The number of nitrogens with zero attached hydrogens (tertiary/aromatic N) is 2. The quantitative estimate of drug-likeness (QED) is 0.794. The minimum atomic E-state index is -0.762. The Morgan fingerprint density at radius 2 is 2.47 bits per heavy atom. The Labute approximate surface area is 87.5 Å². The summed E-state index contributed by atoms with van der Waals surface area (Å²) in [7, 11) is 1.76. The van der Waals surface area contributed by atoms with Gasteiger partial charge in [-0.25, -0.2) is 9.37 Å². The van der Waals surface area contributed by atoms with E-state index in [-0.39, 0.29) is 11.9 Å². The van der Waals surface area contributed by atoms with Gasteiger partial charge < -0.3 is 9.88 Å². The van der Waals surface area contributed by atoms with E-state index in [9.17, 15) is 9.18 Å². The maximum absolute atomic E-state index is 12.9. The van der Waals surface area contributed by atoms with Gasteiger partial charge in [0.1, 0.15) is 11.9 Å². The van der Waals surface area contributed by atoms with E-state index < -0.39 is 6.17 Å². The smallest absolute Gasteiger partial charge is 0.269 e. The zero-order valence-corrected chi connectivity index (χ0v) is 8.61. The van der Waals surface area contributed by atoms with Crippen molar-refractivity contribution in [3.8, 4) is 0 Å². The Hall–Kier alpha value is -1.39. The Morgan fingerprint density at radius 3 is 3.00 bits per heavy atom. The van der Waals surface area contributed by atoms with Gasteiger partial charge in [0, 0.05) is 13.1 Å². The van der Waals surface area contributed by atoms with E-state index in [2.05, 4.69) is 10.3 Å². The number of aromatic nitrogens is 2. The molecule has 2 atom stereocenters. The molecule has 1 N–H and O–H groups in total. The average Bonchev–Trinajstić information content (AvgIpc) is 2.75. The lowest BCUT2D eigenvalue weighted by molar-refractivity contribution is 0.0928. The van der Waals surface area contributed by atoms with Crippen LogP contribution in [0.2, 0.25) is 0 Å². The molecule has 82 valence electrons. The van der Waals surface area contributed by atoms with Gasteiger partial charge in [-0.15, -0.1) is 0 Å². The SMILES string of the molecule is Cn1cncc1C(=O)NC1CCC(F)C1. The number of carbonyl (C=O) groups is 1. The van der Waals surface area contributed by atoms with Crippen LogP contribution in [0.3, 0.4) is 0 Å². The van der Waals surface area contributed by atoms with Crippen LogP contribution >= 0.6 is 0 Å². The van der Waals surface area contributed by atoms with Gasteiger partial charge >= 0.3 is 0 Å². The number of hydrogen-bond acceptors (Lipinski definition) is 2. The first kappa shape index (κ1) is 10.1. The second kappa shape index (κ2) is 4.00. The highest BCUT2D eigenvalue weighted by molar-refractivity contribution is 5.92. The molecule has 0 aliphatic heterocycles. The van der Waals surface area contributed by atoms with Crippen molar-refractivity contribution in [2.24, 2.45) is 7.05 Å². The van der Waals surface area contributed by atoms with Crippen molar-refractivity contribution >= 4 is 5.91 Å². The second-order valence-electron chi connectivity index (χ2n) is 3.97. The number of nitrogens with one attached hydrogen (secondary N) is 1. The fourth-order valence-electron chi connectivity index (χ4n) is 1.89. The van der Waals surface area contributed by atoms with Gasteiger partial charge in [0.05, 0.1) is 12.5 Å². The van der Waals surface area contributed by atoms with Gasteiger partial charge in [-0.2, -0.15) is 0 Å². The van der Waals surface area contributed by atoms with Crippen molar-refractivity contribution in [2.75, 3.05) is 0 Å². The van der Waals surface area contributed by atoms with Crippen LogP contribution < -0.4 is 5.32 Å². The summed E-state index contributed by atoms with van der Waals surface area (Å²) >= 11 is 0. The molecule has 1 aliphatic carbocycles. The summed E-state index contributed by atoms with van der Waals surface area (Å²) in [6.45, 7) is 0. The average molecular weight is 211 g/mol. The Kier molecular flexibility index (Phi) is 2.70. The largest absolute Gasteiger partial charge is 0.348 e. The molecule has 0 radical (unpaired) electrons. The number of aryl methyl sites for hydroxylation is 1. The Balaban J connectivity index is 1.96. The van der Waals surface area contributed by atoms with Crippen molar-refractivity contribution in [3.63, 3.8) is 0 Å². The maximum Gasteiger partial charge on any atom is 0.269 e. The van der Waals surface area contributed by atoms with E-state index >= 15 is 0 Å². The van der Waals surface area contributed by atoms with E-state index in [4.69, 9.17) is 0 Å². The van der Waals surface area contributed by atoms with Gasteiger partial charge in [-0.1, -0.05) is 0 Å². The number of halogens is 1. The summed E-state index contributed by atoms with van der Waals surface area (Å²) < 4.78 is 14.5. The zero-order chi connectivity index (χ0) is 10.8. The van der Waals surface area contributed by atoms with E-state index in [1.807, 2.05) is 0 Å². The first-order valence-corrected chi connectivity index (χ1v) is 5.08. The molecule has 1 amide bonds. The molecule has 1 aromatic heterocycles. The van der Waals surface area contributed by atoms with E-state index in [0.29, 0.717) is 18.5 Å². The third kappa shape index (κ3) is 2.16. The molecule has 0 bridgehead atoms. The molecule has 1 aromatic rings. The third-order valence-corrected chi connectivity index (χ3v) is 2.75. The first-order chi connectivity index (χ1) is 7.16. The topological polar surface area (TPSA) is 46.9 Å². The highest BCUT2D eigenvalue weighted by Crippen LogP contribution is 2.21. The molecule has 2 unspecified atom stereocenters. The highest BCUT2D eigenvalue weighted by Gasteiger charge is 2.26.